The Morgan fingerprint density at radius 1 is 1.65 bits per heavy atom. The molecule has 0 radical (unpaired) electrons. The summed E-state index contributed by atoms with van der Waals surface area (Å²) in [5.41, 5.74) is -0.349. The smallest absolute Gasteiger partial charge is 0.433 e. The number of nitrogens with zero attached hydrogens (tertiary/aromatic N) is 3. The second kappa shape index (κ2) is 4.14. The normalized spacial score (nSPS) is 23.5. The number of hydrogen-bond acceptors (Lipinski definition) is 5. The number of amides is 1. The van der Waals surface area contributed by atoms with Crippen LogP contribution in [0.25, 0.3) is 0 Å². The molecule has 0 aromatic carbocycles. The molecule has 0 aliphatic carbocycles. The Balaban J connectivity index is 2.40. The monoisotopic (exact) mass is 235 g/mol. The van der Waals surface area contributed by atoms with Gasteiger partial charge >= 0.3 is 6.09 Å². The highest BCUT2D eigenvalue weighted by Crippen LogP contribution is 2.34. The Kier molecular flexibility index (Phi) is 2.81. The number of carbonyl (C=O) groups is 1. The molecule has 0 spiro atoms. The molecule has 0 bridgehead atoms. The van der Waals surface area contributed by atoms with Gasteiger partial charge in [0.15, 0.2) is 5.72 Å². The quantitative estimate of drug-likeness (QED) is 0.790. The highest BCUT2D eigenvalue weighted by Gasteiger charge is 2.45. The fraction of sp³-hybridized carbons (Fsp3) is 0.364. The summed E-state index contributed by atoms with van der Waals surface area (Å²) in [6.45, 7) is 1.74. The molecule has 1 aliphatic rings. The van der Waals surface area contributed by atoms with E-state index in [1.165, 1.54) is 13.3 Å². The molecule has 2 rings (SSSR count). The predicted octanol–water partition coefficient (Wildman–Crippen LogP) is 1.07. The van der Waals surface area contributed by atoms with Crippen LogP contribution in [0.1, 0.15) is 18.9 Å². The molecule has 1 aliphatic heterocycles. The van der Waals surface area contributed by atoms with Crippen LogP contribution in [-0.4, -0.2) is 34.0 Å². The standard InChI is InChI=1S/C11H13N3O3/c1-8-6-11(16,9-4-3-5-12-7-9)14(13-8)10(15)17-2/h3-5,7,16H,6H2,1-2H3/t11-/m1/s1. The van der Waals surface area contributed by atoms with Crippen LogP contribution in [0.2, 0.25) is 0 Å². The van der Waals surface area contributed by atoms with Crippen molar-refractivity contribution in [1.82, 2.24) is 9.99 Å². The van der Waals surface area contributed by atoms with E-state index in [9.17, 15) is 9.90 Å². The average Bonchev–Trinajstić information content (AvgIpc) is 2.66. The van der Waals surface area contributed by atoms with E-state index in [1.807, 2.05) is 0 Å². The van der Waals surface area contributed by atoms with Crippen molar-refractivity contribution in [2.75, 3.05) is 7.11 Å². The van der Waals surface area contributed by atoms with Gasteiger partial charge in [0, 0.05) is 30.1 Å². The maximum Gasteiger partial charge on any atom is 0.433 e. The maximum absolute atomic E-state index is 11.6. The molecule has 6 nitrogen and oxygen atoms in total. The topological polar surface area (TPSA) is 75.0 Å². The Labute approximate surface area is 98.5 Å². The lowest BCUT2D eigenvalue weighted by molar-refractivity contribution is -0.0836. The summed E-state index contributed by atoms with van der Waals surface area (Å²) in [4.78, 5) is 15.5. The SMILES string of the molecule is COC(=O)N1N=C(C)C[C@@]1(O)c1cccnc1. The first-order valence-electron chi connectivity index (χ1n) is 5.13. The summed E-state index contributed by atoms with van der Waals surface area (Å²) in [6.07, 6.45) is 2.64. The van der Waals surface area contributed by atoms with Crippen LogP contribution in [0.4, 0.5) is 4.79 Å². The van der Waals surface area contributed by atoms with E-state index in [-0.39, 0.29) is 6.42 Å². The number of ether oxygens (including phenoxy) is 1. The Morgan fingerprint density at radius 3 is 3.00 bits per heavy atom. The minimum absolute atomic E-state index is 0.244. The Morgan fingerprint density at radius 2 is 2.41 bits per heavy atom. The van der Waals surface area contributed by atoms with E-state index in [0.29, 0.717) is 11.3 Å². The maximum atomic E-state index is 11.6. The van der Waals surface area contributed by atoms with Crippen LogP contribution in [-0.2, 0) is 10.5 Å². The first-order chi connectivity index (χ1) is 8.08. The molecular weight excluding hydrogens is 222 g/mol. The minimum atomic E-state index is -1.51. The fourth-order valence-electron chi connectivity index (χ4n) is 1.82. The molecule has 1 amide bonds. The molecule has 1 aromatic rings. The van der Waals surface area contributed by atoms with Crippen molar-refractivity contribution in [3.8, 4) is 0 Å². The third-order valence-electron chi connectivity index (χ3n) is 2.59. The van der Waals surface area contributed by atoms with Gasteiger partial charge in [-0.3, -0.25) is 4.98 Å². The van der Waals surface area contributed by atoms with Crippen LogP contribution in [0.5, 0.6) is 0 Å². The molecule has 90 valence electrons. The van der Waals surface area contributed by atoms with Gasteiger partial charge in [-0.15, -0.1) is 0 Å². The molecule has 0 saturated carbocycles. The van der Waals surface area contributed by atoms with Crippen LogP contribution in [0.3, 0.4) is 0 Å². The van der Waals surface area contributed by atoms with Gasteiger partial charge in [-0.1, -0.05) is 6.07 Å². The molecular formula is C11H13N3O3. The zero-order chi connectivity index (χ0) is 12.5. The molecule has 1 N–H and O–H groups in total. The van der Waals surface area contributed by atoms with Gasteiger partial charge < -0.3 is 9.84 Å². The summed E-state index contributed by atoms with van der Waals surface area (Å²) < 4.78 is 4.60. The molecule has 17 heavy (non-hydrogen) atoms. The van der Waals surface area contributed by atoms with E-state index < -0.39 is 11.8 Å². The molecule has 1 aromatic heterocycles. The van der Waals surface area contributed by atoms with Gasteiger partial charge in [0.25, 0.3) is 0 Å². The molecule has 0 fully saturated rings. The van der Waals surface area contributed by atoms with Crippen molar-refractivity contribution in [2.45, 2.75) is 19.1 Å². The van der Waals surface area contributed by atoms with Gasteiger partial charge in [0.1, 0.15) is 0 Å². The highest BCUT2D eigenvalue weighted by molar-refractivity contribution is 5.87. The molecule has 0 unspecified atom stereocenters. The second-order valence-corrected chi connectivity index (χ2v) is 3.85. The third-order valence-corrected chi connectivity index (χ3v) is 2.59. The largest absolute Gasteiger partial charge is 0.451 e. The number of hydrazone groups is 1. The summed E-state index contributed by atoms with van der Waals surface area (Å²) in [5, 5.41) is 15.5. The third kappa shape index (κ3) is 1.87. The van der Waals surface area contributed by atoms with E-state index in [0.717, 1.165) is 5.01 Å². The number of carbonyl (C=O) groups excluding carboxylic acids is 1. The predicted molar refractivity (Wildman–Crippen MR) is 60.1 cm³/mol. The van der Waals surface area contributed by atoms with Crippen molar-refractivity contribution in [1.29, 1.82) is 0 Å². The Hall–Kier alpha value is -1.95. The summed E-state index contributed by atoms with van der Waals surface area (Å²) >= 11 is 0. The lowest BCUT2D eigenvalue weighted by Gasteiger charge is -2.29. The average molecular weight is 235 g/mol. The summed E-state index contributed by atoms with van der Waals surface area (Å²) in [5.74, 6) is 0. The van der Waals surface area contributed by atoms with E-state index in [4.69, 9.17) is 0 Å². The molecule has 1 atom stereocenters. The van der Waals surface area contributed by atoms with Gasteiger partial charge in [-0.25, -0.2) is 4.79 Å². The molecule has 0 saturated heterocycles. The second-order valence-electron chi connectivity index (χ2n) is 3.85. The van der Waals surface area contributed by atoms with Crippen molar-refractivity contribution in [3.05, 3.63) is 30.1 Å². The highest BCUT2D eigenvalue weighted by atomic mass is 16.6. The molecule has 6 heteroatoms. The van der Waals surface area contributed by atoms with Gasteiger partial charge in [-0.2, -0.15) is 10.1 Å². The van der Waals surface area contributed by atoms with Crippen molar-refractivity contribution >= 4 is 11.8 Å². The van der Waals surface area contributed by atoms with E-state index in [1.54, 1.807) is 25.3 Å². The number of pyridine rings is 1. The van der Waals surface area contributed by atoms with Crippen molar-refractivity contribution in [3.63, 3.8) is 0 Å². The number of rotatable bonds is 1. The Bertz CT molecular complexity index is 460. The first kappa shape index (κ1) is 11.5. The lowest BCUT2D eigenvalue weighted by Crippen LogP contribution is -2.43. The lowest BCUT2D eigenvalue weighted by atomic mass is 10.00. The van der Waals surface area contributed by atoms with Crippen molar-refractivity contribution < 1.29 is 14.6 Å². The van der Waals surface area contributed by atoms with E-state index >= 15 is 0 Å². The first-order valence-corrected chi connectivity index (χ1v) is 5.13. The van der Waals surface area contributed by atoms with Gasteiger partial charge in [0.2, 0.25) is 0 Å². The summed E-state index contributed by atoms with van der Waals surface area (Å²) in [6, 6.07) is 3.38. The fourth-order valence-corrected chi connectivity index (χ4v) is 1.82. The van der Waals surface area contributed by atoms with Crippen molar-refractivity contribution in [2.24, 2.45) is 5.10 Å². The van der Waals surface area contributed by atoms with Crippen LogP contribution < -0.4 is 0 Å². The van der Waals surface area contributed by atoms with Gasteiger partial charge in [0.05, 0.1) is 7.11 Å². The number of aromatic nitrogens is 1. The zero-order valence-electron chi connectivity index (χ0n) is 9.62. The van der Waals surface area contributed by atoms with Crippen LogP contribution in [0, 0.1) is 0 Å². The molecule has 2 heterocycles. The number of aliphatic hydroxyl groups is 1. The van der Waals surface area contributed by atoms with Crippen LogP contribution >= 0.6 is 0 Å². The number of methoxy groups -OCH3 is 1. The number of hydrogen-bond donors (Lipinski definition) is 1. The zero-order valence-corrected chi connectivity index (χ0v) is 9.62. The minimum Gasteiger partial charge on any atom is -0.451 e. The summed E-state index contributed by atoms with van der Waals surface area (Å²) in [7, 11) is 1.25. The van der Waals surface area contributed by atoms with Gasteiger partial charge in [-0.05, 0) is 13.0 Å². The van der Waals surface area contributed by atoms with E-state index in [2.05, 4.69) is 14.8 Å². The van der Waals surface area contributed by atoms with Crippen LogP contribution in [0.15, 0.2) is 29.6 Å².